The molecule has 3 amide bonds. The van der Waals surface area contributed by atoms with Gasteiger partial charge >= 0.3 is 12.1 Å². The zero-order chi connectivity index (χ0) is 19.7. The largest absolute Gasteiger partial charge is 0.441 e. The second kappa shape index (κ2) is 7.56. The van der Waals surface area contributed by atoms with E-state index in [1.165, 1.54) is 11.3 Å². The standard InChI is InChI=1S/C20H29N5O3/c1-14-15-5-3-6-16(15)23-17(22-14)7-10-21-18(26)25-11-4-8-20(9-12-25)13-24(2)19(27)28-20/h3-13H2,1-2H3,(H,21,26)/t20-/m1/s1. The first kappa shape index (κ1) is 19.0. The second-order valence-electron chi connectivity index (χ2n) is 8.23. The van der Waals surface area contributed by atoms with E-state index in [2.05, 4.69) is 15.3 Å². The molecule has 1 N–H and O–H groups in total. The van der Waals surface area contributed by atoms with E-state index in [0.29, 0.717) is 39.0 Å². The fourth-order valence-corrected chi connectivity index (χ4v) is 4.61. The van der Waals surface area contributed by atoms with Crippen LogP contribution in [-0.4, -0.2) is 70.7 Å². The number of rotatable bonds is 3. The Morgan fingerprint density at radius 1 is 1.21 bits per heavy atom. The maximum atomic E-state index is 12.6. The maximum absolute atomic E-state index is 12.6. The maximum Gasteiger partial charge on any atom is 0.410 e. The van der Waals surface area contributed by atoms with Crippen molar-refractivity contribution in [3.05, 3.63) is 22.8 Å². The Balaban J connectivity index is 1.28. The summed E-state index contributed by atoms with van der Waals surface area (Å²) in [5, 5.41) is 3.00. The predicted molar refractivity (Wildman–Crippen MR) is 103 cm³/mol. The van der Waals surface area contributed by atoms with Crippen LogP contribution in [0.25, 0.3) is 0 Å². The van der Waals surface area contributed by atoms with Gasteiger partial charge < -0.3 is 19.9 Å². The summed E-state index contributed by atoms with van der Waals surface area (Å²) in [4.78, 5) is 37.1. The number of fused-ring (bicyclic) bond motifs is 1. The molecule has 8 nitrogen and oxygen atoms in total. The number of carbonyl (C=O) groups excluding carboxylic acids is 2. The van der Waals surface area contributed by atoms with E-state index in [4.69, 9.17) is 4.74 Å². The molecular formula is C20H29N5O3. The van der Waals surface area contributed by atoms with E-state index in [1.54, 1.807) is 11.9 Å². The van der Waals surface area contributed by atoms with E-state index >= 15 is 0 Å². The van der Waals surface area contributed by atoms with Crippen LogP contribution in [0.15, 0.2) is 0 Å². The minimum Gasteiger partial charge on any atom is -0.441 e. The van der Waals surface area contributed by atoms with Crippen molar-refractivity contribution in [2.45, 2.75) is 57.5 Å². The van der Waals surface area contributed by atoms with Crippen molar-refractivity contribution in [1.82, 2.24) is 25.1 Å². The molecule has 0 unspecified atom stereocenters. The third kappa shape index (κ3) is 3.77. The number of likely N-dealkylation sites (tertiary alicyclic amines) is 1. The number of carbonyl (C=O) groups is 2. The van der Waals surface area contributed by atoms with Gasteiger partial charge in [-0.25, -0.2) is 19.6 Å². The number of hydrogen-bond donors (Lipinski definition) is 1. The van der Waals surface area contributed by atoms with Crippen molar-refractivity contribution in [1.29, 1.82) is 0 Å². The summed E-state index contributed by atoms with van der Waals surface area (Å²) in [5.41, 5.74) is 3.14. The van der Waals surface area contributed by atoms with E-state index in [-0.39, 0.29) is 12.1 Å². The van der Waals surface area contributed by atoms with Gasteiger partial charge in [-0.05, 0) is 44.6 Å². The molecule has 3 heterocycles. The smallest absolute Gasteiger partial charge is 0.410 e. The molecule has 0 aromatic carbocycles. The molecule has 2 fully saturated rings. The van der Waals surface area contributed by atoms with Gasteiger partial charge in [0.05, 0.1) is 6.54 Å². The Hall–Kier alpha value is -2.38. The Bertz CT molecular complexity index is 783. The number of aryl methyl sites for hydroxylation is 2. The monoisotopic (exact) mass is 387 g/mol. The molecule has 28 heavy (non-hydrogen) atoms. The van der Waals surface area contributed by atoms with Gasteiger partial charge in [0, 0.05) is 50.9 Å². The van der Waals surface area contributed by atoms with Crippen molar-refractivity contribution < 1.29 is 14.3 Å². The number of nitrogens with zero attached hydrogens (tertiary/aromatic N) is 4. The van der Waals surface area contributed by atoms with Crippen LogP contribution < -0.4 is 5.32 Å². The molecule has 0 saturated carbocycles. The first-order valence-electron chi connectivity index (χ1n) is 10.3. The SMILES string of the molecule is Cc1nc(CCNC(=O)N2CCC[C@@]3(CC2)CN(C)C(=O)O3)nc2c1CCC2. The van der Waals surface area contributed by atoms with Gasteiger partial charge in [-0.3, -0.25) is 0 Å². The molecule has 2 saturated heterocycles. The lowest BCUT2D eigenvalue weighted by molar-refractivity contribution is 0.0453. The molecule has 152 valence electrons. The highest BCUT2D eigenvalue weighted by Crippen LogP contribution is 2.32. The molecule has 1 spiro atoms. The molecule has 0 radical (unpaired) electrons. The first-order chi connectivity index (χ1) is 13.5. The van der Waals surface area contributed by atoms with Gasteiger partial charge in [-0.1, -0.05) is 0 Å². The van der Waals surface area contributed by atoms with Crippen molar-refractivity contribution in [3.8, 4) is 0 Å². The third-order valence-corrected chi connectivity index (χ3v) is 6.14. The molecular weight excluding hydrogens is 358 g/mol. The van der Waals surface area contributed by atoms with Crippen molar-refractivity contribution >= 4 is 12.1 Å². The van der Waals surface area contributed by atoms with Crippen LogP contribution in [0.2, 0.25) is 0 Å². The lowest BCUT2D eigenvalue weighted by Gasteiger charge is -2.25. The Labute approximate surface area is 165 Å². The number of urea groups is 1. The molecule has 8 heteroatoms. The topological polar surface area (TPSA) is 87.7 Å². The highest BCUT2D eigenvalue weighted by molar-refractivity contribution is 5.74. The number of likely N-dealkylation sites (N-methyl/N-ethyl adjacent to an activating group) is 1. The molecule has 1 aromatic heterocycles. The highest BCUT2D eigenvalue weighted by atomic mass is 16.6. The molecule has 1 aromatic rings. The van der Waals surface area contributed by atoms with E-state index in [9.17, 15) is 9.59 Å². The van der Waals surface area contributed by atoms with Gasteiger partial charge in [0.25, 0.3) is 0 Å². The van der Waals surface area contributed by atoms with Gasteiger partial charge in [-0.2, -0.15) is 0 Å². The van der Waals surface area contributed by atoms with E-state index in [0.717, 1.165) is 43.6 Å². The lowest BCUT2D eigenvalue weighted by Crippen LogP contribution is -2.42. The second-order valence-corrected chi connectivity index (χ2v) is 8.23. The van der Waals surface area contributed by atoms with Crippen molar-refractivity contribution in [2.24, 2.45) is 0 Å². The van der Waals surface area contributed by atoms with Crippen LogP contribution in [0.3, 0.4) is 0 Å². The minimum atomic E-state index is -0.434. The third-order valence-electron chi connectivity index (χ3n) is 6.14. The first-order valence-corrected chi connectivity index (χ1v) is 10.3. The van der Waals surface area contributed by atoms with Gasteiger partial charge in [0.1, 0.15) is 11.4 Å². The fourth-order valence-electron chi connectivity index (χ4n) is 4.61. The summed E-state index contributed by atoms with van der Waals surface area (Å²) in [6, 6.07) is -0.0624. The molecule has 1 aliphatic carbocycles. The average Bonchev–Trinajstić information content (AvgIpc) is 3.16. The molecule has 2 aliphatic heterocycles. The highest BCUT2D eigenvalue weighted by Gasteiger charge is 2.44. The van der Waals surface area contributed by atoms with Crippen molar-refractivity contribution in [3.63, 3.8) is 0 Å². The zero-order valence-electron chi connectivity index (χ0n) is 16.8. The average molecular weight is 387 g/mol. The molecule has 1 atom stereocenters. The van der Waals surface area contributed by atoms with Gasteiger partial charge in [0.2, 0.25) is 0 Å². The summed E-state index contributed by atoms with van der Waals surface area (Å²) < 4.78 is 5.61. The number of ether oxygens (including phenoxy) is 1. The number of amides is 3. The zero-order valence-corrected chi connectivity index (χ0v) is 16.8. The van der Waals surface area contributed by atoms with Crippen LogP contribution >= 0.6 is 0 Å². The van der Waals surface area contributed by atoms with Crippen molar-refractivity contribution in [2.75, 3.05) is 33.2 Å². The molecule has 0 bridgehead atoms. The Kier molecular flexibility index (Phi) is 5.12. The van der Waals surface area contributed by atoms with E-state index < -0.39 is 5.60 Å². The van der Waals surface area contributed by atoms with E-state index in [1.807, 2.05) is 11.8 Å². The van der Waals surface area contributed by atoms with Crippen LogP contribution in [0, 0.1) is 6.92 Å². The van der Waals surface area contributed by atoms with Crippen LogP contribution in [-0.2, 0) is 24.0 Å². The van der Waals surface area contributed by atoms with Gasteiger partial charge in [0.15, 0.2) is 0 Å². The minimum absolute atomic E-state index is 0.0624. The predicted octanol–water partition coefficient (Wildman–Crippen LogP) is 1.83. The number of nitrogens with one attached hydrogen (secondary N) is 1. The normalized spacial score (nSPS) is 24.3. The van der Waals surface area contributed by atoms with Gasteiger partial charge in [-0.15, -0.1) is 0 Å². The summed E-state index contributed by atoms with van der Waals surface area (Å²) in [7, 11) is 1.76. The summed E-state index contributed by atoms with van der Waals surface area (Å²) in [5.74, 6) is 0.814. The molecule has 4 rings (SSSR count). The quantitative estimate of drug-likeness (QED) is 0.855. The summed E-state index contributed by atoms with van der Waals surface area (Å²) in [6.07, 6.45) is 5.97. The molecule has 3 aliphatic rings. The Morgan fingerprint density at radius 2 is 2.07 bits per heavy atom. The van der Waals surface area contributed by atoms with Crippen LogP contribution in [0.5, 0.6) is 0 Å². The summed E-state index contributed by atoms with van der Waals surface area (Å²) in [6.45, 7) is 4.46. The Morgan fingerprint density at radius 3 is 2.86 bits per heavy atom. The number of hydrogen-bond acceptors (Lipinski definition) is 5. The van der Waals surface area contributed by atoms with Crippen LogP contribution in [0.1, 0.15) is 48.5 Å². The lowest BCUT2D eigenvalue weighted by atomic mass is 9.95. The van der Waals surface area contributed by atoms with Crippen LogP contribution in [0.4, 0.5) is 9.59 Å². The fraction of sp³-hybridized carbons (Fsp3) is 0.700. The summed E-state index contributed by atoms with van der Waals surface area (Å²) >= 11 is 0. The number of aromatic nitrogens is 2.